The normalized spacial score (nSPS) is 23.1. The maximum atomic E-state index is 12.0. The molecule has 0 radical (unpaired) electrons. The lowest BCUT2D eigenvalue weighted by atomic mass is 9.84. The van der Waals surface area contributed by atoms with Crippen LogP contribution in [0.3, 0.4) is 0 Å². The number of carbonyl (C=O) groups is 1. The Balaban J connectivity index is 2.46. The quantitative estimate of drug-likeness (QED) is 0.684. The summed E-state index contributed by atoms with van der Waals surface area (Å²) in [6.07, 6.45) is 3.93. The summed E-state index contributed by atoms with van der Waals surface area (Å²) in [5.41, 5.74) is 0. The van der Waals surface area contributed by atoms with Gasteiger partial charge in [0.05, 0.1) is 6.04 Å². The van der Waals surface area contributed by atoms with Gasteiger partial charge in [-0.1, -0.05) is 13.3 Å². The fourth-order valence-corrected chi connectivity index (χ4v) is 2.36. The smallest absolute Gasteiger partial charge is 0.377 e. The molecule has 92 valence electrons. The molecule has 1 fully saturated rings. The number of rotatable bonds is 5. The van der Waals surface area contributed by atoms with E-state index >= 15 is 0 Å². The number of carbonyl (C=O) groups excluding carboxylic acids is 1. The third-order valence-corrected chi connectivity index (χ3v) is 3.19. The molecule has 0 aromatic rings. The van der Waals surface area contributed by atoms with Gasteiger partial charge in [0.2, 0.25) is 5.91 Å². The summed E-state index contributed by atoms with van der Waals surface area (Å²) in [7, 11) is -0.528. The van der Waals surface area contributed by atoms with Crippen molar-refractivity contribution in [2.24, 2.45) is 0 Å². The van der Waals surface area contributed by atoms with Crippen LogP contribution in [-0.4, -0.2) is 41.4 Å². The molecule has 0 bridgehead atoms. The van der Waals surface area contributed by atoms with E-state index in [1.54, 1.807) is 6.82 Å². The Labute approximate surface area is 98.5 Å². The molecule has 2 N–H and O–H groups in total. The van der Waals surface area contributed by atoms with Crippen molar-refractivity contribution in [3.63, 3.8) is 0 Å². The van der Waals surface area contributed by atoms with Crippen LogP contribution in [0.5, 0.6) is 0 Å². The van der Waals surface area contributed by atoms with Gasteiger partial charge in [0.25, 0.3) is 0 Å². The first kappa shape index (κ1) is 13.5. The predicted octanol–water partition coefficient (Wildman–Crippen LogP) is 0.866. The van der Waals surface area contributed by atoms with Gasteiger partial charge >= 0.3 is 7.05 Å². The summed E-state index contributed by atoms with van der Waals surface area (Å²) >= 11 is 0. The Morgan fingerprint density at radius 3 is 2.94 bits per heavy atom. The van der Waals surface area contributed by atoms with Crippen LogP contribution in [0, 0.1) is 0 Å². The summed E-state index contributed by atoms with van der Waals surface area (Å²) in [5.74, 6) is 0.0688. The molecule has 0 saturated carbocycles. The molecular weight excluding hydrogens is 203 g/mol. The lowest BCUT2D eigenvalue weighted by molar-refractivity contribution is -0.125. The third kappa shape index (κ3) is 3.49. The van der Waals surface area contributed by atoms with Crippen LogP contribution >= 0.6 is 0 Å². The first-order valence-corrected chi connectivity index (χ1v) is 6.30. The van der Waals surface area contributed by atoms with Gasteiger partial charge in [0.15, 0.2) is 0 Å². The van der Waals surface area contributed by atoms with Crippen LogP contribution < -0.4 is 5.32 Å². The zero-order valence-electron chi connectivity index (χ0n) is 10.6. The van der Waals surface area contributed by atoms with Crippen LogP contribution in [0.1, 0.15) is 39.5 Å². The number of nitrogens with one attached hydrogen (secondary N) is 1. The van der Waals surface area contributed by atoms with Gasteiger partial charge in [-0.3, -0.25) is 4.79 Å². The molecule has 1 heterocycles. The fraction of sp³-hybridized carbons (Fsp3) is 0.909. The van der Waals surface area contributed by atoms with Gasteiger partial charge in [0.1, 0.15) is 0 Å². The van der Waals surface area contributed by atoms with E-state index in [0.29, 0.717) is 0 Å². The topological polar surface area (TPSA) is 52.6 Å². The first-order chi connectivity index (χ1) is 7.56. The molecular formula is C11H23BN2O2. The summed E-state index contributed by atoms with van der Waals surface area (Å²) in [4.78, 5) is 13.9. The molecule has 0 aromatic carbocycles. The molecule has 0 aliphatic carbocycles. The Morgan fingerprint density at radius 2 is 2.38 bits per heavy atom. The Hall–Kier alpha value is -0.545. The lowest BCUT2D eigenvalue weighted by Crippen LogP contribution is -2.50. The van der Waals surface area contributed by atoms with E-state index in [1.807, 2.05) is 11.7 Å². The van der Waals surface area contributed by atoms with Gasteiger partial charge in [-0.2, -0.15) is 0 Å². The molecule has 1 amide bonds. The molecule has 1 aliphatic heterocycles. The van der Waals surface area contributed by atoms with E-state index in [1.165, 1.54) is 0 Å². The Bertz CT molecular complexity index is 236. The number of amides is 1. The average Bonchev–Trinajstić information content (AvgIpc) is 2.65. The molecule has 1 rings (SSSR count). The second kappa shape index (κ2) is 6.25. The van der Waals surface area contributed by atoms with Crippen LogP contribution in [-0.2, 0) is 4.79 Å². The van der Waals surface area contributed by atoms with Gasteiger partial charge in [-0.05, 0) is 39.6 Å². The summed E-state index contributed by atoms with van der Waals surface area (Å²) in [6.45, 7) is 6.68. The Morgan fingerprint density at radius 1 is 1.69 bits per heavy atom. The van der Waals surface area contributed by atoms with E-state index in [4.69, 9.17) is 0 Å². The van der Waals surface area contributed by atoms with Crippen LogP contribution in [0.4, 0.5) is 0 Å². The largest absolute Gasteiger partial charge is 0.437 e. The number of hydrogen-bond acceptors (Lipinski definition) is 3. The molecule has 1 aliphatic rings. The molecule has 5 heteroatoms. The predicted molar refractivity (Wildman–Crippen MR) is 66.1 cm³/mol. The van der Waals surface area contributed by atoms with Gasteiger partial charge in [-0.25, -0.2) is 0 Å². The average molecular weight is 226 g/mol. The minimum absolute atomic E-state index is 0.0688. The van der Waals surface area contributed by atoms with E-state index in [2.05, 4.69) is 12.2 Å². The maximum absolute atomic E-state index is 12.0. The fourth-order valence-electron chi connectivity index (χ4n) is 2.36. The highest BCUT2D eigenvalue weighted by molar-refractivity contribution is 6.45. The van der Waals surface area contributed by atoms with E-state index < -0.39 is 7.05 Å². The highest BCUT2D eigenvalue weighted by atomic mass is 16.2. The van der Waals surface area contributed by atoms with Crippen molar-refractivity contribution >= 4 is 13.0 Å². The summed E-state index contributed by atoms with van der Waals surface area (Å²) in [5, 5.41) is 12.6. The summed E-state index contributed by atoms with van der Waals surface area (Å²) in [6, 6.07) is 0.0910. The highest BCUT2D eigenvalue weighted by Gasteiger charge is 2.34. The molecule has 0 spiro atoms. The van der Waals surface area contributed by atoms with Crippen molar-refractivity contribution in [2.75, 3.05) is 6.54 Å². The Kier molecular flexibility index (Phi) is 5.28. The van der Waals surface area contributed by atoms with Gasteiger partial charge < -0.3 is 15.2 Å². The van der Waals surface area contributed by atoms with Crippen molar-refractivity contribution in [2.45, 2.75) is 58.4 Å². The number of nitrogens with zero attached hydrogens (tertiary/aromatic N) is 1. The molecule has 2 atom stereocenters. The second-order valence-electron chi connectivity index (χ2n) is 4.73. The van der Waals surface area contributed by atoms with Crippen molar-refractivity contribution < 1.29 is 9.82 Å². The zero-order chi connectivity index (χ0) is 12.1. The highest BCUT2D eigenvalue weighted by Crippen LogP contribution is 2.18. The number of hydrogen-bond donors (Lipinski definition) is 2. The third-order valence-electron chi connectivity index (χ3n) is 3.19. The van der Waals surface area contributed by atoms with Gasteiger partial charge in [-0.15, -0.1) is 0 Å². The van der Waals surface area contributed by atoms with Crippen LogP contribution in [0.15, 0.2) is 0 Å². The van der Waals surface area contributed by atoms with Crippen molar-refractivity contribution in [3.8, 4) is 0 Å². The molecule has 0 aromatic heterocycles. The van der Waals surface area contributed by atoms with Crippen molar-refractivity contribution in [3.05, 3.63) is 0 Å². The van der Waals surface area contributed by atoms with E-state index in [9.17, 15) is 9.82 Å². The van der Waals surface area contributed by atoms with E-state index in [0.717, 1.165) is 32.2 Å². The molecule has 4 nitrogen and oxygen atoms in total. The first-order valence-electron chi connectivity index (χ1n) is 6.30. The second-order valence-corrected chi connectivity index (χ2v) is 4.73. The van der Waals surface area contributed by atoms with Crippen LogP contribution in [0.2, 0.25) is 6.82 Å². The molecule has 16 heavy (non-hydrogen) atoms. The standard InChI is InChI=1S/C11H23BN2O2/c1-4-6-9(2)13-11(15)10-7-5-8-14(10)12(3)16/h9-10,16H,4-8H2,1-3H3,(H,13,15)/t9-,10+/m1/s1. The molecule has 1 saturated heterocycles. The zero-order valence-corrected chi connectivity index (χ0v) is 10.6. The minimum Gasteiger partial charge on any atom is -0.437 e. The monoisotopic (exact) mass is 226 g/mol. The SMILES string of the molecule is CCC[C@@H](C)NC(=O)[C@@H]1CCCN1B(C)O. The minimum atomic E-state index is -0.528. The van der Waals surface area contributed by atoms with Crippen molar-refractivity contribution in [1.82, 2.24) is 10.1 Å². The van der Waals surface area contributed by atoms with E-state index in [-0.39, 0.29) is 18.0 Å². The maximum Gasteiger partial charge on any atom is 0.377 e. The molecule has 0 unspecified atom stereocenters. The lowest BCUT2D eigenvalue weighted by Gasteiger charge is -2.25. The van der Waals surface area contributed by atoms with Gasteiger partial charge in [0, 0.05) is 6.04 Å². The van der Waals surface area contributed by atoms with Crippen LogP contribution in [0.25, 0.3) is 0 Å². The van der Waals surface area contributed by atoms with Crippen molar-refractivity contribution in [1.29, 1.82) is 0 Å². The summed E-state index contributed by atoms with van der Waals surface area (Å²) < 4.78 is 0.